The Morgan fingerprint density at radius 3 is 2.53 bits per heavy atom. The largest absolute Gasteiger partial charge is 0.368 e. The van der Waals surface area contributed by atoms with Crippen LogP contribution in [-0.4, -0.2) is 12.5 Å². The lowest BCUT2D eigenvalue weighted by Crippen LogP contribution is -2.36. The van der Waals surface area contributed by atoms with Crippen molar-refractivity contribution in [3.63, 3.8) is 0 Å². The van der Waals surface area contributed by atoms with Gasteiger partial charge in [-0.1, -0.05) is 37.6 Å². The van der Waals surface area contributed by atoms with E-state index in [4.69, 9.17) is 5.73 Å². The quantitative estimate of drug-likeness (QED) is 0.819. The summed E-state index contributed by atoms with van der Waals surface area (Å²) < 4.78 is 0. The number of nitrogens with one attached hydrogen (secondary N) is 1. The van der Waals surface area contributed by atoms with Crippen molar-refractivity contribution in [3.05, 3.63) is 34.9 Å². The minimum absolute atomic E-state index is 0.320. The molecule has 0 fully saturated rings. The number of aryl methyl sites for hydroxylation is 2. The molecule has 0 spiro atoms. The first-order valence-corrected chi connectivity index (χ1v) is 6.01. The highest BCUT2D eigenvalue weighted by molar-refractivity contribution is 5.82. The fourth-order valence-corrected chi connectivity index (χ4v) is 1.79. The molecule has 0 aliphatic rings. The summed E-state index contributed by atoms with van der Waals surface area (Å²) in [5.74, 6) is 0.168. The summed E-state index contributed by atoms with van der Waals surface area (Å²) in [6.07, 6.45) is 0. The second kappa shape index (κ2) is 5.82. The van der Waals surface area contributed by atoms with E-state index in [1.165, 1.54) is 0 Å². The fraction of sp³-hybridized carbons (Fsp3) is 0.500. The van der Waals surface area contributed by atoms with E-state index < -0.39 is 6.04 Å². The highest BCUT2D eigenvalue weighted by Gasteiger charge is 2.19. The van der Waals surface area contributed by atoms with Crippen molar-refractivity contribution < 1.29 is 4.79 Å². The summed E-state index contributed by atoms with van der Waals surface area (Å²) in [6, 6.07) is 5.70. The van der Waals surface area contributed by atoms with Gasteiger partial charge in [0.1, 0.15) is 6.04 Å². The number of benzene rings is 1. The Labute approximate surface area is 103 Å². The Bertz CT molecular complexity index is 399. The third-order valence-electron chi connectivity index (χ3n) is 2.76. The van der Waals surface area contributed by atoms with E-state index >= 15 is 0 Å². The molecule has 0 heterocycles. The molecular formula is C14H22N2O. The average Bonchev–Trinajstić information content (AvgIpc) is 2.22. The van der Waals surface area contributed by atoms with Gasteiger partial charge in [0.2, 0.25) is 5.91 Å². The molecule has 3 heteroatoms. The third-order valence-corrected chi connectivity index (χ3v) is 2.76. The number of hydrogen-bond donors (Lipinski definition) is 2. The lowest BCUT2D eigenvalue weighted by molar-refractivity contribution is -0.120. The van der Waals surface area contributed by atoms with E-state index in [9.17, 15) is 4.79 Å². The second-order valence-corrected chi connectivity index (χ2v) is 5.00. The summed E-state index contributed by atoms with van der Waals surface area (Å²) >= 11 is 0. The standard InChI is InChI=1S/C14H22N2O/c1-9(2)8-16-13(14(15)17)12-7-10(3)5-6-11(12)4/h5-7,9,13,16H,8H2,1-4H3,(H2,15,17). The monoisotopic (exact) mass is 234 g/mol. The van der Waals surface area contributed by atoms with Crippen LogP contribution in [0, 0.1) is 19.8 Å². The smallest absolute Gasteiger partial charge is 0.239 e. The Kier molecular flexibility index (Phi) is 4.70. The number of carbonyl (C=O) groups excluding carboxylic acids is 1. The summed E-state index contributed by atoms with van der Waals surface area (Å²) in [5.41, 5.74) is 8.69. The van der Waals surface area contributed by atoms with Crippen LogP contribution in [0.1, 0.15) is 36.6 Å². The van der Waals surface area contributed by atoms with Crippen LogP contribution in [0.5, 0.6) is 0 Å². The van der Waals surface area contributed by atoms with Gasteiger partial charge in [0, 0.05) is 0 Å². The third kappa shape index (κ3) is 3.86. The van der Waals surface area contributed by atoms with Crippen LogP contribution in [-0.2, 0) is 4.79 Å². The van der Waals surface area contributed by atoms with Crippen LogP contribution < -0.4 is 11.1 Å². The molecule has 17 heavy (non-hydrogen) atoms. The van der Waals surface area contributed by atoms with Gasteiger partial charge in [0.15, 0.2) is 0 Å². The van der Waals surface area contributed by atoms with Crippen LogP contribution in [0.15, 0.2) is 18.2 Å². The molecule has 0 radical (unpaired) electrons. The van der Waals surface area contributed by atoms with E-state index in [1.54, 1.807) is 0 Å². The molecule has 94 valence electrons. The summed E-state index contributed by atoms with van der Waals surface area (Å²) in [4.78, 5) is 11.5. The van der Waals surface area contributed by atoms with Crippen molar-refractivity contribution in [1.82, 2.24) is 5.32 Å². The zero-order valence-electron chi connectivity index (χ0n) is 11.1. The van der Waals surface area contributed by atoms with E-state index in [0.717, 1.165) is 23.2 Å². The van der Waals surface area contributed by atoms with Gasteiger partial charge in [0.25, 0.3) is 0 Å². The number of amides is 1. The van der Waals surface area contributed by atoms with E-state index in [-0.39, 0.29) is 5.91 Å². The molecule has 3 nitrogen and oxygen atoms in total. The van der Waals surface area contributed by atoms with Gasteiger partial charge in [-0.05, 0) is 37.4 Å². The van der Waals surface area contributed by atoms with Gasteiger partial charge in [-0.3, -0.25) is 4.79 Å². The number of hydrogen-bond acceptors (Lipinski definition) is 2. The summed E-state index contributed by atoms with van der Waals surface area (Å²) in [6.45, 7) is 9.01. The Balaban J connectivity index is 2.97. The van der Waals surface area contributed by atoms with Crippen molar-refractivity contribution in [3.8, 4) is 0 Å². The molecule has 0 aliphatic heterocycles. The predicted octanol–water partition coefficient (Wildman–Crippen LogP) is 2.08. The lowest BCUT2D eigenvalue weighted by atomic mass is 9.98. The number of rotatable bonds is 5. The SMILES string of the molecule is Cc1ccc(C)c(C(NCC(C)C)C(N)=O)c1. The van der Waals surface area contributed by atoms with Crippen molar-refractivity contribution >= 4 is 5.91 Å². The first-order chi connectivity index (χ1) is 7.91. The molecule has 0 bridgehead atoms. The molecule has 1 atom stereocenters. The maximum Gasteiger partial charge on any atom is 0.239 e. The molecule has 0 aromatic heterocycles. The average molecular weight is 234 g/mol. The van der Waals surface area contributed by atoms with Crippen LogP contribution in [0.4, 0.5) is 0 Å². The van der Waals surface area contributed by atoms with Gasteiger partial charge in [-0.25, -0.2) is 0 Å². The first-order valence-electron chi connectivity index (χ1n) is 6.01. The molecule has 0 saturated heterocycles. The maximum absolute atomic E-state index is 11.5. The first kappa shape index (κ1) is 13.7. The zero-order valence-corrected chi connectivity index (χ0v) is 11.1. The summed E-state index contributed by atoms with van der Waals surface area (Å²) in [7, 11) is 0. The number of primary amides is 1. The lowest BCUT2D eigenvalue weighted by Gasteiger charge is -2.19. The molecule has 1 rings (SSSR count). The van der Waals surface area contributed by atoms with E-state index in [0.29, 0.717) is 5.92 Å². The second-order valence-electron chi connectivity index (χ2n) is 5.00. The van der Waals surface area contributed by atoms with Crippen LogP contribution in [0.2, 0.25) is 0 Å². The molecule has 1 unspecified atom stereocenters. The highest BCUT2D eigenvalue weighted by Crippen LogP contribution is 2.19. The topological polar surface area (TPSA) is 55.1 Å². The molecule has 1 aromatic carbocycles. The number of carbonyl (C=O) groups is 1. The number of nitrogens with two attached hydrogens (primary N) is 1. The predicted molar refractivity (Wildman–Crippen MR) is 70.7 cm³/mol. The zero-order chi connectivity index (χ0) is 13.0. The van der Waals surface area contributed by atoms with Crippen molar-refractivity contribution in [2.75, 3.05) is 6.54 Å². The van der Waals surface area contributed by atoms with E-state index in [2.05, 4.69) is 19.2 Å². The minimum atomic E-state index is -0.391. The van der Waals surface area contributed by atoms with Gasteiger partial charge >= 0.3 is 0 Å². The van der Waals surface area contributed by atoms with Gasteiger partial charge in [-0.2, -0.15) is 0 Å². The molecule has 1 amide bonds. The normalized spacial score (nSPS) is 12.8. The molecule has 0 saturated carbocycles. The van der Waals surface area contributed by atoms with Crippen molar-refractivity contribution in [1.29, 1.82) is 0 Å². The van der Waals surface area contributed by atoms with E-state index in [1.807, 2.05) is 32.0 Å². The van der Waals surface area contributed by atoms with Crippen molar-refractivity contribution in [2.45, 2.75) is 33.7 Å². The molecule has 1 aromatic rings. The van der Waals surface area contributed by atoms with Crippen LogP contribution >= 0.6 is 0 Å². The van der Waals surface area contributed by atoms with Gasteiger partial charge in [-0.15, -0.1) is 0 Å². The van der Waals surface area contributed by atoms with Crippen LogP contribution in [0.25, 0.3) is 0 Å². The Hall–Kier alpha value is -1.35. The maximum atomic E-state index is 11.5. The van der Waals surface area contributed by atoms with Crippen LogP contribution in [0.3, 0.4) is 0 Å². The molecule has 3 N–H and O–H groups in total. The molecular weight excluding hydrogens is 212 g/mol. The fourth-order valence-electron chi connectivity index (χ4n) is 1.79. The minimum Gasteiger partial charge on any atom is -0.368 e. The highest BCUT2D eigenvalue weighted by atomic mass is 16.1. The Morgan fingerprint density at radius 2 is 2.00 bits per heavy atom. The van der Waals surface area contributed by atoms with Gasteiger partial charge < -0.3 is 11.1 Å². The Morgan fingerprint density at radius 1 is 1.35 bits per heavy atom. The molecule has 0 aliphatic carbocycles. The summed E-state index contributed by atoms with van der Waals surface area (Å²) in [5, 5.41) is 3.23. The van der Waals surface area contributed by atoms with Crippen molar-refractivity contribution in [2.24, 2.45) is 11.7 Å². The van der Waals surface area contributed by atoms with Gasteiger partial charge in [0.05, 0.1) is 0 Å².